The first-order chi connectivity index (χ1) is 8.02. The Kier molecular flexibility index (Phi) is 2.25. The van der Waals surface area contributed by atoms with Crippen molar-refractivity contribution < 1.29 is 9.47 Å². The molecule has 1 aliphatic heterocycles. The van der Waals surface area contributed by atoms with Gasteiger partial charge in [0.2, 0.25) is 5.79 Å². The van der Waals surface area contributed by atoms with Gasteiger partial charge in [0.15, 0.2) is 11.5 Å². The van der Waals surface area contributed by atoms with Gasteiger partial charge >= 0.3 is 0 Å². The maximum Gasteiger partial charge on any atom is 0.246 e. The molecule has 0 saturated heterocycles. The number of nitrogens with one attached hydrogen (secondary N) is 1. The van der Waals surface area contributed by atoms with E-state index in [2.05, 4.69) is 18.3 Å². The predicted molar refractivity (Wildman–Crippen MR) is 67.6 cm³/mol. The van der Waals surface area contributed by atoms with Gasteiger partial charge in [0.05, 0.1) is 0 Å². The third-order valence-corrected chi connectivity index (χ3v) is 3.40. The highest BCUT2D eigenvalue weighted by Gasteiger charge is 2.32. The minimum absolute atomic E-state index is 0.536. The highest BCUT2D eigenvalue weighted by Crippen LogP contribution is 2.41. The van der Waals surface area contributed by atoms with Gasteiger partial charge in [-0.1, -0.05) is 6.92 Å². The molecule has 0 atom stereocenters. The normalized spacial score (nSPS) is 28.6. The van der Waals surface area contributed by atoms with Gasteiger partial charge in [0.25, 0.3) is 0 Å². The fourth-order valence-electron chi connectivity index (χ4n) is 2.57. The summed E-state index contributed by atoms with van der Waals surface area (Å²) in [5.74, 6) is 2.00. The molecular weight excluding hydrogens is 214 g/mol. The van der Waals surface area contributed by atoms with E-state index < -0.39 is 5.79 Å². The van der Waals surface area contributed by atoms with Gasteiger partial charge in [-0.05, 0) is 30.9 Å². The molecule has 0 bridgehead atoms. The molecule has 17 heavy (non-hydrogen) atoms. The molecule has 3 nitrogen and oxygen atoms in total. The average molecular weight is 233 g/mol. The van der Waals surface area contributed by atoms with Crippen LogP contribution in [0.25, 0.3) is 0 Å². The summed E-state index contributed by atoms with van der Waals surface area (Å²) in [7, 11) is 0. The molecule has 0 radical (unpaired) electrons. The molecule has 1 aromatic rings. The van der Waals surface area contributed by atoms with Gasteiger partial charge in [-0.25, -0.2) is 0 Å². The summed E-state index contributed by atoms with van der Waals surface area (Å²) < 4.78 is 11.4. The molecule has 0 spiro atoms. The summed E-state index contributed by atoms with van der Waals surface area (Å²) in [6.07, 6.45) is 2.53. The molecule has 1 aliphatic carbocycles. The van der Waals surface area contributed by atoms with Crippen LogP contribution >= 0.6 is 0 Å². The summed E-state index contributed by atoms with van der Waals surface area (Å²) in [5, 5.41) is 3.53. The second-order valence-electron chi connectivity index (χ2n) is 5.68. The number of anilines is 1. The zero-order valence-corrected chi connectivity index (χ0v) is 10.6. The van der Waals surface area contributed by atoms with E-state index in [9.17, 15) is 0 Å². The van der Waals surface area contributed by atoms with Crippen LogP contribution in [0.2, 0.25) is 0 Å². The minimum Gasteiger partial charge on any atom is -0.449 e. The van der Waals surface area contributed by atoms with Gasteiger partial charge < -0.3 is 14.8 Å². The smallest absolute Gasteiger partial charge is 0.246 e. The lowest BCUT2D eigenvalue weighted by atomic mass is 9.82. The third kappa shape index (κ3) is 2.06. The Labute approximate surface area is 102 Å². The summed E-state index contributed by atoms with van der Waals surface area (Å²) >= 11 is 0. The van der Waals surface area contributed by atoms with Crippen LogP contribution in [0.5, 0.6) is 11.5 Å². The van der Waals surface area contributed by atoms with Crippen molar-refractivity contribution in [1.29, 1.82) is 0 Å². The standard InChI is InChI=1S/C14H19NO2/c1-9-6-11(7-9)15-10-4-5-12-13(8-10)17-14(2,3)16-12/h4-5,8-9,11,15H,6-7H2,1-3H3. The highest BCUT2D eigenvalue weighted by molar-refractivity contribution is 5.56. The number of fused-ring (bicyclic) bond motifs is 1. The second-order valence-corrected chi connectivity index (χ2v) is 5.68. The van der Waals surface area contributed by atoms with Crippen molar-refractivity contribution in [2.45, 2.75) is 45.4 Å². The van der Waals surface area contributed by atoms with Crippen LogP contribution in [-0.2, 0) is 0 Å². The number of benzene rings is 1. The van der Waals surface area contributed by atoms with E-state index >= 15 is 0 Å². The Morgan fingerprint density at radius 2 is 1.88 bits per heavy atom. The third-order valence-electron chi connectivity index (χ3n) is 3.40. The van der Waals surface area contributed by atoms with Crippen LogP contribution in [0.3, 0.4) is 0 Å². The first-order valence-corrected chi connectivity index (χ1v) is 6.30. The summed E-state index contributed by atoms with van der Waals surface area (Å²) in [5.41, 5.74) is 1.13. The molecule has 1 saturated carbocycles. The van der Waals surface area contributed by atoms with Crippen molar-refractivity contribution >= 4 is 5.69 Å². The van der Waals surface area contributed by atoms with E-state index in [0.717, 1.165) is 23.1 Å². The number of rotatable bonds is 2. The molecule has 3 heteroatoms. The summed E-state index contributed by atoms with van der Waals surface area (Å²) in [6, 6.07) is 6.70. The van der Waals surface area contributed by atoms with E-state index in [-0.39, 0.29) is 0 Å². The number of hydrogen-bond donors (Lipinski definition) is 1. The Morgan fingerprint density at radius 1 is 1.18 bits per heavy atom. The second kappa shape index (κ2) is 3.56. The Hall–Kier alpha value is -1.38. The molecule has 1 N–H and O–H groups in total. The highest BCUT2D eigenvalue weighted by atomic mass is 16.7. The maximum absolute atomic E-state index is 5.73. The summed E-state index contributed by atoms with van der Waals surface area (Å²) in [4.78, 5) is 0. The molecule has 92 valence electrons. The van der Waals surface area contributed by atoms with Crippen molar-refractivity contribution in [1.82, 2.24) is 0 Å². The fraction of sp³-hybridized carbons (Fsp3) is 0.571. The Balaban J connectivity index is 1.72. The van der Waals surface area contributed by atoms with E-state index in [4.69, 9.17) is 9.47 Å². The molecule has 0 unspecified atom stereocenters. The van der Waals surface area contributed by atoms with Crippen molar-refractivity contribution in [2.24, 2.45) is 5.92 Å². The first kappa shape index (κ1) is 10.8. The molecule has 2 aliphatic rings. The lowest BCUT2D eigenvalue weighted by molar-refractivity contribution is -0.0431. The molecule has 1 heterocycles. The lowest BCUT2D eigenvalue weighted by Gasteiger charge is -2.34. The van der Waals surface area contributed by atoms with Crippen LogP contribution in [0.15, 0.2) is 18.2 Å². The Bertz CT molecular complexity index is 436. The monoisotopic (exact) mass is 233 g/mol. The van der Waals surface area contributed by atoms with Gasteiger partial charge in [-0.15, -0.1) is 0 Å². The van der Waals surface area contributed by atoms with Crippen LogP contribution in [-0.4, -0.2) is 11.8 Å². The zero-order chi connectivity index (χ0) is 12.0. The Morgan fingerprint density at radius 3 is 2.59 bits per heavy atom. The fourth-order valence-corrected chi connectivity index (χ4v) is 2.57. The predicted octanol–water partition coefficient (Wildman–Crippen LogP) is 3.40. The molecule has 0 aromatic heterocycles. The van der Waals surface area contributed by atoms with Crippen molar-refractivity contribution in [3.8, 4) is 11.5 Å². The van der Waals surface area contributed by atoms with Crippen molar-refractivity contribution in [2.75, 3.05) is 5.32 Å². The molecular formula is C14H19NO2. The quantitative estimate of drug-likeness (QED) is 0.849. The van der Waals surface area contributed by atoms with Crippen LogP contribution < -0.4 is 14.8 Å². The molecule has 0 amide bonds. The van der Waals surface area contributed by atoms with Gasteiger partial charge in [0, 0.05) is 31.6 Å². The maximum atomic E-state index is 5.73. The molecule has 1 aromatic carbocycles. The van der Waals surface area contributed by atoms with E-state index in [1.807, 2.05) is 26.0 Å². The zero-order valence-electron chi connectivity index (χ0n) is 10.6. The van der Waals surface area contributed by atoms with Crippen molar-refractivity contribution in [3.05, 3.63) is 18.2 Å². The van der Waals surface area contributed by atoms with Crippen LogP contribution in [0.4, 0.5) is 5.69 Å². The largest absolute Gasteiger partial charge is 0.449 e. The molecule has 3 rings (SSSR count). The first-order valence-electron chi connectivity index (χ1n) is 6.30. The molecule has 1 fully saturated rings. The minimum atomic E-state index is -0.536. The van der Waals surface area contributed by atoms with E-state index in [1.165, 1.54) is 12.8 Å². The van der Waals surface area contributed by atoms with E-state index in [1.54, 1.807) is 0 Å². The number of ether oxygens (including phenoxy) is 2. The van der Waals surface area contributed by atoms with E-state index in [0.29, 0.717) is 6.04 Å². The SMILES string of the molecule is CC1CC(Nc2ccc3c(c2)OC(C)(C)O3)C1. The lowest BCUT2D eigenvalue weighted by Crippen LogP contribution is -2.33. The number of hydrogen-bond acceptors (Lipinski definition) is 3. The summed E-state index contributed by atoms with van der Waals surface area (Å²) in [6.45, 7) is 6.14. The topological polar surface area (TPSA) is 30.5 Å². The van der Waals surface area contributed by atoms with Crippen LogP contribution in [0.1, 0.15) is 33.6 Å². The van der Waals surface area contributed by atoms with Crippen molar-refractivity contribution in [3.63, 3.8) is 0 Å². The van der Waals surface area contributed by atoms with Gasteiger partial charge in [-0.2, -0.15) is 0 Å². The van der Waals surface area contributed by atoms with Gasteiger partial charge in [0.1, 0.15) is 0 Å². The van der Waals surface area contributed by atoms with Crippen LogP contribution in [0, 0.1) is 5.92 Å². The van der Waals surface area contributed by atoms with Gasteiger partial charge in [-0.3, -0.25) is 0 Å². The average Bonchev–Trinajstić information content (AvgIpc) is 2.48.